The molecule has 0 unspecified atom stereocenters. The fraction of sp³-hybridized carbons (Fsp3) is 0.294. The number of hydrogen-bond donors (Lipinski definition) is 1. The van der Waals surface area contributed by atoms with Crippen molar-refractivity contribution in [1.82, 2.24) is 4.98 Å². The molecule has 23 heavy (non-hydrogen) atoms. The minimum absolute atomic E-state index is 0.245. The fourth-order valence-corrected chi connectivity index (χ4v) is 2.72. The van der Waals surface area contributed by atoms with Gasteiger partial charge in [0.15, 0.2) is 0 Å². The van der Waals surface area contributed by atoms with Crippen molar-refractivity contribution in [2.24, 2.45) is 0 Å². The summed E-state index contributed by atoms with van der Waals surface area (Å²) < 4.78 is 5.38. The number of morpholine rings is 1. The second-order valence-corrected chi connectivity index (χ2v) is 5.82. The van der Waals surface area contributed by atoms with Gasteiger partial charge in [0.25, 0.3) is 5.91 Å². The van der Waals surface area contributed by atoms with Gasteiger partial charge in [-0.2, -0.15) is 0 Å². The molecule has 0 atom stereocenters. The lowest BCUT2D eigenvalue weighted by Gasteiger charge is -2.30. The third kappa shape index (κ3) is 3.81. The summed E-state index contributed by atoms with van der Waals surface area (Å²) in [5.74, 6) is -0.245. The van der Waals surface area contributed by atoms with Crippen LogP contribution in [0, 0.1) is 6.92 Å². The predicted octanol–water partition coefficient (Wildman–Crippen LogP) is 3.13. The average molecular weight is 332 g/mol. The van der Waals surface area contributed by atoms with Crippen molar-refractivity contribution in [2.75, 3.05) is 36.5 Å². The number of carbonyl (C=O) groups excluding carboxylic acids is 1. The topological polar surface area (TPSA) is 54.5 Å². The van der Waals surface area contributed by atoms with Crippen molar-refractivity contribution in [2.45, 2.75) is 6.92 Å². The smallest absolute Gasteiger partial charge is 0.274 e. The van der Waals surface area contributed by atoms with E-state index in [1.54, 1.807) is 12.1 Å². The van der Waals surface area contributed by atoms with E-state index in [0.29, 0.717) is 29.6 Å². The highest BCUT2D eigenvalue weighted by molar-refractivity contribution is 6.31. The molecule has 0 saturated carbocycles. The zero-order valence-corrected chi connectivity index (χ0v) is 13.6. The number of pyridine rings is 1. The molecule has 1 saturated heterocycles. The number of anilines is 2. The maximum absolute atomic E-state index is 12.5. The molecule has 0 radical (unpaired) electrons. The molecule has 6 heteroatoms. The van der Waals surface area contributed by atoms with Crippen LogP contribution in [0.2, 0.25) is 5.02 Å². The minimum atomic E-state index is -0.245. The summed E-state index contributed by atoms with van der Waals surface area (Å²) in [7, 11) is 0. The molecular formula is C17H18ClN3O2. The lowest BCUT2D eigenvalue weighted by molar-refractivity contribution is 0.102. The number of aryl methyl sites for hydroxylation is 1. The van der Waals surface area contributed by atoms with Gasteiger partial charge in [-0.05, 0) is 37.3 Å². The van der Waals surface area contributed by atoms with Crippen LogP contribution in [0.1, 0.15) is 16.2 Å². The first-order valence-corrected chi connectivity index (χ1v) is 7.88. The molecule has 0 aliphatic carbocycles. The zero-order valence-electron chi connectivity index (χ0n) is 12.9. The number of hydrogen-bond acceptors (Lipinski definition) is 4. The SMILES string of the molecule is Cc1cccc(C(=O)Nc2cc(Cl)ccc2N2CCOCC2)n1. The lowest BCUT2D eigenvalue weighted by atomic mass is 10.2. The summed E-state index contributed by atoms with van der Waals surface area (Å²) in [5.41, 5.74) is 2.82. The van der Waals surface area contributed by atoms with Gasteiger partial charge in [-0.1, -0.05) is 17.7 Å². The maximum Gasteiger partial charge on any atom is 0.274 e. The number of aromatic nitrogens is 1. The Balaban J connectivity index is 1.86. The summed E-state index contributed by atoms with van der Waals surface area (Å²) in [5, 5.41) is 3.50. The standard InChI is InChI=1S/C17H18ClN3O2/c1-12-3-2-4-14(19-12)17(22)20-15-11-13(18)5-6-16(15)21-7-9-23-10-8-21/h2-6,11H,7-10H2,1H3,(H,20,22). The Morgan fingerprint density at radius 3 is 2.78 bits per heavy atom. The van der Waals surface area contributed by atoms with Crippen molar-refractivity contribution >= 4 is 28.9 Å². The lowest BCUT2D eigenvalue weighted by Crippen LogP contribution is -2.36. The number of ether oxygens (including phenoxy) is 1. The van der Waals surface area contributed by atoms with E-state index in [9.17, 15) is 4.79 Å². The molecule has 1 aromatic carbocycles. The summed E-state index contributed by atoms with van der Waals surface area (Å²) in [6.45, 7) is 4.78. The summed E-state index contributed by atoms with van der Waals surface area (Å²) in [4.78, 5) is 18.9. The van der Waals surface area contributed by atoms with E-state index in [2.05, 4.69) is 15.2 Å². The Morgan fingerprint density at radius 1 is 1.26 bits per heavy atom. The van der Waals surface area contributed by atoms with Crippen LogP contribution < -0.4 is 10.2 Å². The van der Waals surface area contributed by atoms with Gasteiger partial charge in [0.05, 0.1) is 24.6 Å². The number of amides is 1. The minimum Gasteiger partial charge on any atom is -0.378 e. The number of halogens is 1. The number of nitrogens with zero attached hydrogens (tertiary/aromatic N) is 2. The van der Waals surface area contributed by atoms with E-state index < -0.39 is 0 Å². The van der Waals surface area contributed by atoms with Crippen LogP contribution in [0.5, 0.6) is 0 Å². The molecule has 1 aliphatic heterocycles. The van der Waals surface area contributed by atoms with E-state index in [0.717, 1.165) is 24.5 Å². The van der Waals surface area contributed by atoms with Crippen molar-refractivity contribution in [3.63, 3.8) is 0 Å². The van der Waals surface area contributed by atoms with Gasteiger partial charge < -0.3 is 15.0 Å². The van der Waals surface area contributed by atoms with Gasteiger partial charge in [-0.25, -0.2) is 4.98 Å². The summed E-state index contributed by atoms with van der Waals surface area (Å²) in [6.07, 6.45) is 0. The second-order valence-electron chi connectivity index (χ2n) is 5.38. The molecule has 2 heterocycles. The Hall–Kier alpha value is -2.11. The van der Waals surface area contributed by atoms with Crippen molar-refractivity contribution < 1.29 is 9.53 Å². The summed E-state index contributed by atoms with van der Waals surface area (Å²) >= 11 is 6.10. The van der Waals surface area contributed by atoms with Crippen LogP contribution in [0.25, 0.3) is 0 Å². The second kappa shape index (κ2) is 6.98. The van der Waals surface area contributed by atoms with Crippen molar-refractivity contribution in [3.05, 3.63) is 52.8 Å². The highest BCUT2D eigenvalue weighted by atomic mass is 35.5. The molecule has 1 aliphatic rings. The maximum atomic E-state index is 12.5. The molecule has 5 nitrogen and oxygen atoms in total. The Labute approximate surface area is 140 Å². The van der Waals surface area contributed by atoms with Gasteiger partial charge in [-0.3, -0.25) is 4.79 Å². The monoisotopic (exact) mass is 331 g/mol. The molecule has 120 valence electrons. The first-order valence-electron chi connectivity index (χ1n) is 7.51. The van der Waals surface area contributed by atoms with Gasteiger partial charge in [0.1, 0.15) is 5.69 Å². The first-order chi connectivity index (χ1) is 11.1. The van der Waals surface area contributed by atoms with E-state index in [-0.39, 0.29) is 5.91 Å². The number of carbonyl (C=O) groups is 1. The molecule has 1 N–H and O–H groups in total. The van der Waals surface area contributed by atoms with Crippen LogP contribution in [0.15, 0.2) is 36.4 Å². The highest BCUT2D eigenvalue weighted by Gasteiger charge is 2.17. The van der Waals surface area contributed by atoms with Gasteiger partial charge in [0.2, 0.25) is 0 Å². The van der Waals surface area contributed by atoms with E-state index in [1.165, 1.54) is 0 Å². The molecular weight excluding hydrogens is 314 g/mol. The van der Waals surface area contributed by atoms with Crippen LogP contribution in [0.4, 0.5) is 11.4 Å². The first kappa shape index (κ1) is 15.8. The summed E-state index contributed by atoms with van der Waals surface area (Å²) in [6, 6.07) is 10.9. The predicted molar refractivity (Wildman–Crippen MR) is 91.4 cm³/mol. The van der Waals surface area contributed by atoms with Gasteiger partial charge in [-0.15, -0.1) is 0 Å². The Kier molecular flexibility index (Phi) is 4.79. The molecule has 3 rings (SSSR count). The highest BCUT2D eigenvalue weighted by Crippen LogP contribution is 2.30. The van der Waals surface area contributed by atoms with Crippen molar-refractivity contribution in [1.29, 1.82) is 0 Å². The van der Waals surface area contributed by atoms with Crippen LogP contribution in [-0.4, -0.2) is 37.2 Å². The van der Waals surface area contributed by atoms with Gasteiger partial charge in [0, 0.05) is 23.8 Å². The largest absolute Gasteiger partial charge is 0.378 e. The number of rotatable bonds is 3. The van der Waals surface area contributed by atoms with Crippen LogP contribution >= 0.6 is 11.6 Å². The average Bonchev–Trinajstić information content (AvgIpc) is 2.56. The fourth-order valence-electron chi connectivity index (χ4n) is 2.54. The normalized spacial score (nSPS) is 14.6. The van der Waals surface area contributed by atoms with Crippen LogP contribution in [0.3, 0.4) is 0 Å². The van der Waals surface area contributed by atoms with E-state index in [4.69, 9.17) is 16.3 Å². The molecule has 0 spiro atoms. The van der Waals surface area contributed by atoms with E-state index in [1.807, 2.05) is 31.2 Å². The zero-order chi connectivity index (χ0) is 16.2. The van der Waals surface area contributed by atoms with Gasteiger partial charge >= 0.3 is 0 Å². The number of nitrogens with one attached hydrogen (secondary N) is 1. The quantitative estimate of drug-likeness (QED) is 0.938. The number of benzene rings is 1. The third-order valence-electron chi connectivity index (χ3n) is 3.68. The third-order valence-corrected chi connectivity index (χ3v) is 3.91. The van der Waals surface area contributed by atoms with Crippen molar-refractivity contribution in [3.8, 4) is 0 Å². The van der Waals surface area contributed by atoms with E-state index >= 15 is 0 Å². The molecule has 1 fully saturated rings. The Bertz CT molecular complexity index is 715. The molecule has 1 aromatic heterocycles. The Morgan fingerprint density at radius 2 is 2.04 bits per heavy atom. The molecule has 0 bridgehead atoms. The molecule has 1 amide bonds. The molecule has 2 aromatic rings. The van der Waals surface area contributed by atoms with Crippen LogP contribution in [-0.2, 0) is 4.74 Å².